The fourth-order valence-corrected chi connectivity index (χ4v) is 1.34. The van der Waals surface area contributed by atoms with Crippen LogP contribution < -0.4 is 5.32 Å². The fraction of sp³-hybridized carbons (Fsp3) is 0.400. The van der Waals surface area contributed by atoms with Gasteiger partial charge >= 0.3 is 6.18 Å². The molecule has 1 aromatic heterocycles. The van der Waals surface area contributed by atoms with Crippen molar-refractivity contribution in [2.45, 2.75) is 19.1 Å². The summed E-state index contributed by atoms with van der Waals surface area (Å²) in [6.07, 6.45) is -3.64. The lowest BCUT2D eigenvalue weighted by Gasteiger charge is -2.13. The van der Waals surface area contributed by atoms with Crippen molar-refractivity contribution in [3.63, 3.8) is 0 Å². The Hall–Kier alpha value is -1.11. The molecule has 0 bridgehead atoms. The number of aromatic nitrogens is 1. The zero-order valence-corrected chi connectivity index (χ0v) is 10.5. The smallest absolute Gasteiger partial charge is 0.347 e. The molecule has 1 rings (SSSR count). The first-order chi connectivity index (χ1) is 7.84. The topological polar surface area (TPSA) is 42.0 Å². The van der Waals surface area contributed by atoms with Crippen molar-refractivity contribution in [2.24, 2.45) is 0 Å². The molecule has 94 valence electrons. The van der Waals surface area contributed by atoms with Gasteiger partial charge in [0.2, 0.25) is 5.91 Å². The molecular formula is C10H10BrF3N2O. The van der Waals surface area contributed by atoms with E-state index in [1.807, 2.05) is 0 Å². The van der Waals surface area contributed by atoms with Crippen molar-refractivity contribution in [3.05, 3.63) is 29.6 Å². The average molecular weight is 311 g/mol. The molecule has 0 radical (unpaired) electrons. The Morgan fingerprint density at radius 3 is 2.59 bits per heavy atom. The minimum Gasteiger partial charge on any atom is -0.347 e. The summed E-state index contributed by atoms with van der Waals surface area (Å²) in [5.41, 5.74) is -0.424. The molecule has 1 N–H and O–H groups in total. The van der Waals surface area contributed by atoms with Gasteiger partial charge in [0.05, 0.1) is 22.6 Å². The summed E-state index contributed by atoms with van der Waals surface area (Å²) in [4.78, 5) is 14.7. The van der Waals surface area contributed by atoms with Crippen LogP contribution in [0.3, 0.4) is 0 Å². The summed E-state index contributed by atoms with van der Waals surface area (Å²) >= 11 is 2.97. The highest BCUT2D eigenvalue weighted by Gasteiger charge is 2.30. The number of hydrogen-bond acceptors (Lipinski definition) is 2. The van der Waals surface area contributed by atoms with Crippen molar-refractivity contribution in [3.8, 4) is 0 Å². The van der Waals surface area contributed by atoms with Gasteiger partial charge in [-0.3, -0.25) is 9.78 Å². The highest BCUT2D eigenvalue weighted by molar-refractivity contribution is 9.09. The lowest BCUT2D eigenvalue weighted by Crippen LogP contribution is -2.28. The highest BCUT2D eigenvalue weighted by atomic mass is 79.9. The van der Waals surface area contributed by atoms with Crippen LogP contribution in [-0.2, 0) is 11.0 Å². The summed E-state index contributed by atoms with van der Waals surface area (Å²) < 4.78 is 36.8. The quantitative estimate of drug-likeness (QED) is 0.872. The lowest BCUT2D eigenvalue weighted by molar-refractivity contribution is -0.137. The van der Waals surface area contributed by atoms with Gasteiger partial charge in [-0.05, 0) is 19.1 Å². The standard InChI is InChI=1S/C10H10BrF3N2O/c1-6(16-9(17)4-11)8-3-2-7(5-15-8)10(12,13)14/h2-3,5-6H,4H2,1H3,(H,16,17). The van der Waals surface area contributed by atoms with Crippen molar-refractivity contribution in [2.75, 3.05) is 5.33 Å². The van der Waals surface area contributed by atoms with Gasteiger partial charge in [-0.1, -0.05) is 15.9 Å². The number of carbonyl (C=O) groups excluding carboxylic acids is 1. The Labute approximate surface area is 105 Å². The van der Waals surface area contributed by atoms with E-state index in [1.165, 1.54) is 6.07 Å². The molecule has 17 heavy (non-hydrogen) atoms. The summed E-state index contributed by atoms with van der Waals surface area (Å²) in [6.45, 7) is 1.65. The van der Waals surface area contributed by atoms with Crippen LogP contribution in [-0.4, -0.2) is 16.2 Å². The van der Waals surface area contributed by atoms with E-state index in [1.54, 1.807) is 6.92 Å². The summed E-state index contributed by atoms with van der Waals surface area (Å²) in [5, 5.41) is 2.71. The normalized spacial score (nSPS) is 13.2. The van der Waals surface area contributed by atoms with Crippen LogP contribution in [0.15, 0.2) is 18.3 Å². The number of halogens is 4. The number of pyridine rings is 1. The second-order valence-electron chi connectivity index (χ2n) is 3.39. The van der Waals surface area contributed by atoms with E-state index in [2.05, 4.69) is 26.2 Å². The maximum atomic E-state index is 12.3. The first-order valence-electron chi connectivity index (χ1n) is 4.73. The van der Waals surface area contributed by atoms with Crippen molar-refractivity contribution >= 4 is 21.8 Å². The maximum absolute atomic E-state index is 12.3. The van der Waals surface area contributed by atoms with Gasteiger partial charge < -0.3 is 5.32 Å². The summed E-state index contributed by atoms with van der Waals surface area (Å²) in [6, 6.07) is 1.77. The third kappa shape index (κ3) is 3.99. The largest absolute Gasteiger partial charge is 0.417 e. The molecule has 0 aliphatic heterocycles. The zero-order chi connectivity index (χ0) is 13.1. The van der Waals surface area contributed by atoms with E-state index in [9.17, 15) is 18.0 Å². The molecule has 0 aliphatic rings. The molecule has 0 aliphatic carbocycles. The minimum absolute atomic E-state index is 0.137. The number of hydrogen-bond donors (Lipinski definition) is 1. The van der Waals surface area contributed by atoms with Crippen molar-refractivity contribution < 1.29 is 18.0 Å². The van der Waals surface area contributed by atoms with Crippen LogP contribution in [0.4, 0.5) is 13.2 Å². The predicted octanol–water partition coefficient (Wildman–Crippen LogP) is 2.67. The lowest BCUT2D eigenvalue weighted by atomic mass is 10.2. The molecule has 1 atom stereocenters. The van der Waals surface area contributed by atoms with E-state index in [-0.39, 0.29) is 11.2 Å². The van der Waals surface area contributed by atoms with Crippen LogP contribution in [0.5, 0.6) is 0 Å². The van der Waals surface area contributed by atoms with Gasteiger partial charge in [-0.25, -0.2) is 0 Å². The van der Waals surface area contributed by atoms with E-state index in [0.717, 1.165) is 12.3 Å². The molecule has 1 amide bonds. The van der Waals surface area contributed by atoms with Gasteiger partial charge in [0.25, 0.3) is 0 Å². The van der Waals surface area contributed by atoms with Crippen LogP contribution >= 0.6 is 15.9 Å². The summed E-state index contributed by atoms with van der Waals surface area (Å²) in [7, 11) is 0. The maximum Gasteiger partial charge on any atom is 0.417 e. The molecule has 0 fully saturated rings. The molecule has 0 spiro atoms. The Balaban J connectivity index is 2.77. The van der Waals surface area contributed by atoms with Crippen LogP contribution in [0.2, 0.25) is 0 Å². The second-order valence-corrected chi connectivity index (χ2v) is 3.95. The molecule has 1 heterocycles. The number of alkyl halides is 4. The molecule has 3 nitrogen and oxygen atoms in total. The molecule has 0 saturated carbocycles. The van der Waals surface area contributed by atoms with Gasteiger partial charge in [0.15, 0.2) is 0 Å². The Bertz CT molecular complexity index is 392. The first kappa shape index (κ1) is 14.0. The van der Waals surface area contributed by atoms with Gasteiger partial charge in [-0.15, -0.1) is 0 Å². The fourth-order valence-electron chi connectivity index (χ4n) is 1.18. The van der Waals surface area contributed by atoms with Crippen LogP contribution in [0.1, 0.15) is 24.2 Å². The molecule has 0 saturated heterocycles. The van der Waals surface area contributed by atoms with E-state index in [0.29, 0.717) is 5.69 Å². The zero-order valence-electron chi connectivity index (χ0n) is 8.88. The number of amides is 1. The number of nitrogens with one attached hydrogen (secondary N) is 1. The van der Waals surface area contributed by atoms with Crippen molar-refractivity contribution in [1.82, 2.24) is 10.3 Å². The van der Waals surface area contributed by atoms with E-state index >= 15 is 0 Å². The third-order valence-corrected chi connectivity index (χ3v) is 2.57. The van der Waals surface area contributed by atoms with Crippen molar-refractivity contribution in [1.29, 1.82) is 0 Å². The van der Waals surface area contributed by atoms with Gasteiger partial charge in [0.1, 0.15) is 0 Å². The molecular weight excluding hydrogens is 301 g/mol. The Morgan fingerprint density at radius 1 is 1.53 bits per heavy atom. The third-order valence-electron chi connectivity index (χ3n) is 2.06. The van der Waals surface area contributed by atoms with Gasteiger partial charge in [-0.2, -0.15) is 13.2 Å². The minimum atomic E-state index is -4.39. The van der Waals surface area contributed by atoms with E-state index < -0.39 is 17.8 Å². The van der Waals surface area contributed by atoms with Crippen LogP contribution in [0.25, 0.3) is 0 Å². The first-order valence-corrected chi connectivity index (χ1v) is 5.85. The SMILES string of the molecule is CC(NC(=O)CBr)c1ccc(C(F)(F)F)cn1. The predicted molar refractivity (Wildman–Crippen MR) is 59.6 cm³/mol. The highest BCUT2D eigenvalue weighted by Crippen LogP contribution is 2.28. The number of carbonyl (C=O) groups is 1. The average Bonchev–Trinajstić information content (AvgIpc) is 2.27. The molecule has 1 unspecified atom stereocenters. The Morgan fingerprint density at radius 2 is 2.18 bits per heavy atom. The second kappa shape index (κ2) is 5.48. The Kier molecular flexibility index (Phi) is 4.50. The van der Waals surface area contributed by atoms with E-state index in [4.69, 9.17) is 0 Å². The monoisotopic (exact) mass is 310 g/mol. The van der Waals surface area contributed by atoms with Gasteiger partial charge in [0, 0.05) is 6.20 Å². The molecule has 1 aromatic rings. The molecule has 0 aromatic carbocycles. The molecule has 7 heteroatoms. The number of nitrogens with zero attached hydrogens (tertiary/aromatic N) is 1. The summed E-state index contributed by atoms with van der Waals surface area (Å²) in [5.74, 6) is -0.251. The van der Waals surface area contributed by atoms with Crippen LogP contribution in [0, 0.1) is 0 Å². The number of rotatable bonds is 3.